The summed E-state index contributed by atoms with van der Waals surface area (Å²) in [5.41, 5.74) is 0.665. The highest BCUT2D eigenvalue weighted by Gasteiger charge is 2.09. The fraction of sp³-hybridized carbons (Fsp3) is 0.0556. The molecule has 3 nitrogen and oxygen atoms in total. The molecule has 0 fully saturated rings. The number of hydrogen-bond donors (Lipinski definition) is 1. The standard InChI is InChI=1S/C18H14O3/c19-18(20)12-14-7-2-4-10-16(14)21-17-11-5-8-13-6-1-3-9-15(13)17/h1-11H,12H2,(H,19,20). The Kier molecular flexibility index (Phi) is 3.56. The molecule has 0 saturated carbocycles. The van der Waals surface area contributed by atoms with E-state index >= 15 is 0 Å². The summed E-state index contributed by atoms with van der Waals surface area (Å²) in [5.74, 6) is 0.436. The summed E-state index contributed by atoms with van der Waals surface area (Å²) in [7, 11) is 0. The average Bonchev–Trinajstić information content (AvgIpc) is 2.49. The lowest BCUT2D eigenvalue weighted by molar-refractivity contribution is -0.136. The van der Waals surface area contributed by atoms with Gasteiger partial charge in [-0.1, -0.05) is 54.6 Å². The van der Waals surface area contributed by atoms with Crippen molar-refractivity contribution in [2.24, 2.45) is 0 Å². The first-order valence-electron chi connectivity index (χ1n) is 6.69. The number of fused-ring (bicyclic) bond motifs is 1. The molecule has 0 aromatic heterocycles. The Morgan fingerprint density at radius 2 is 1.52 bits per heavy atom. The molecule has 3 rings (SSSR count). The first-order valence-corrected chi connectivity index (χ1v) is 6.69. The molecule has 3 aromatic carbocycles. The maximum Gasteiger partial charge on any atom is 0.307 e. The van der Waals surface area contributed by atoms with E-state index in [-0.39, 0.29) is 6.42 Å². The van der Waals surface area contributed by atoms with Crippen LogP contribution in [0.15, 0.2) is 66.7 Å². The van der Waals surface area contributed by atoms with E-state index in [0.717, 1.165) is 16.5 Å². The lowest BCUT2D eigenvalue weighted by Gasteiger charge is -2.12. The molecule has 0 aliphatic heterocycles. The minimum Gasteiger partial charge on any atom is -0.481 e. The lowest BCUT2D eigenvalue weighted by Crippen LogP contribution is -2.01. The van der Waals surface area contributed by atoms with Crippen LogP contribution in [0.1, 0.15) is 5.56 Å². The van der Waals surface area contributed by atoms with Crippen LogP contribution < -0.4 is 4.74 Å². The Morgan fingerprint density at radius 3 is 2.38 bits per heavy atom. The van der Waals surface area contributed by atoms with Gasteiger partial charge in [0.05, 0.1) is 6.42 Å². The van der Waals surface area contributed by atoms with E-state index in [0.29, 0.717) is 11.3 Å². The highest BCUT2D eigenvalue weighted by Crippen LogP contribution is 2.31. The summed E-state index contributed by atoms with van der Waals surface area (Å²) >= 11 is 0. The van der Waals surface area contributed by atoms with Gasteiger partial charge in [-0.25, -0.2) is 0 Å². The SMILES string of the molecule is O=C(O)Cc1ccccc1Oc1cccc2ccccc12. The zero-order chi connectivity index (χ0) is 14.7. The van der Waals surface area contributed by atoms with E-state index in [1.54, 1.807) is 12.1 Å². The molecule has 0 amide bonds. The van der Waals surface area contributed by atoms with Gasteiger partial charge in [0.25, 0.3) is 0 Å². The molecular weight excluding hydrogens is 264 g/mol. The number of aliphatic carboxylic acids is 1. The zero-order valence-electron chi connectivity index (χ0n) is 11.3. The number of carboxylic acid groups (broad SMARTS) is 1. The van der Waals surface area contributed by atoms with Crippen LogP contribution in [-0.4, -0.2) is 11.1 Å². The third-order valence-corrected chi connectivity index (χ3v) is 3.28. The van der Waals surface area contributed by atoms with Gasteiger partial charge in [-0.05, 0) is 17.5 Å². The first-order chi connectivity index (χ1) is 10.2. The van der Waals surface area contributed by atoms with Gasteiger partial charge < -0.3 is 9.84 Å². The van der Waals surface area contributed by atoms with Crippen molar-refractivity contribution in [3.8, 4) is 11.5 Å². The van der Waals surface area contributed by atoms with Gasteiger partial charge in [-0.15, -0.1) is 0 Å². The van der Waals surface area contributed by atoms with Crippen molar-refractivity contribution in [2.75, 3.05) is 0 Å². The predicted molar refractivity (Wildman–Crippen MR) is 81.8 cm³/mol. The largest absolute Gasteiger partial charge is 0.481 e. The zero-order valence-corrected chi connectivity index (χ0v) is 11.3. The van der Waals surface area contributed by atoms with Crippen LogP contribution in [0.5, 0.6) is 11.5 Å². The van der Waals surface area contributed by atoms with Crippen LogP contribution in [0, 0.1) is 0 Å². The lowest BCUT2D eigenvalue weighted by atomic mass is 10.1. The molecule has 0 atom stereocenters. The van der Waals surface area contributed by atoms with Crippen LogP contribution in [0.4, 0.5) is 0 Å². The van der Waals surface area contributed by atoms with E-state index in [2.05, 4.69) is 0 Å². The van der Waals surface area contributed by atoms with Gasteiger partial charge in [0.1, 0.15) is 11.5 Å². The van der Waals surface area contributed by atoms with Gasteiger partial charge in [0, 0.05) is 10.9 Å². The summed E-state index contributed by atoms with van der Waals surface area (Å²) in [5, 5.41) is 11.1. The molecule has 0 saturated heterocycles. The number of carbonyl (C=O) groups is 1. The summed E-state index contributed by atoms with van der Waals surface area (Å²) in [6, 6.07) is 21.0. The summed E-state index contributed by atoms with van der Waals surface area (Å²) in [4.78, 5) is 10.9. The van der Waals surface area contributed by atoms with Gasteiger partial charge in [0.15, 0.2) is 0 Å². The van der Waals surface area contributed by atoms with Gasteiger partial charge in [-0.2, -0.15) is 0 Å². The van der Waals surface area contributed by atoms with E-state index in [1.807, 2.05) is 54.6 Å². The van der Waals surface area contributed by atoms with Crippen LogP contribution >= 0.6 is 0 Å². The van der Waals surface area contributed by atoms with Gasteiger partial charge in [0.2, 0.25) is 0 Å². The Hall–Kier alpha value is -2.81. The van der Waals surface area contributed by atoms with Crippen LogP contribution in [0.2, 0.25) is 0 Å². The highest BCUT2D eigenvalue weighted by atomic mass is 16.5. The minimum atomic E-state index is -0.871. The molecule has 3 aromatic rings. The smallest absolute Gasteiger partial charge is 0.307 e. The number of para-hydroxylation sites is 1. The number of benzene rings is 3. The minimum absolute atomic E-state index is 0.0546. The van der Waals surface area contributed by atoms with Gasteiger partial charge in [-0.3, -0.25) is 4.79 Å². The second-order valence-electron chi connectivity index (χ2n) is 4.76. The van der Waals surface area contributed by atoms with Crippen molar-refractivity contribution in [2.45, 2.75) is 6.42 Å². The Bertz CT molecular complexity index is 788. The van der Waals surface area contributed by atoms with E-state index in [1.165, 1.54) is 0 Å². The van der Waals surface area contributed by atoms with Crippen molar-refractivity contribution in [1.82, 2.24) is 0 Å². The molecule has 1 N–H and O–H groups in total. The number of hydrogen-bond acceptors (Lipinski definition) is 2. The molecule has 0 aliphatic rings. The summed E-state index contributed by atoms with van der Waals surface area (Å²) < 4.78 is 5.96. The topological polar surface area (TPSA) is 46.5 Å². The van der Waals surface area contributed by atoms with Crippen molar-refractivity contribution < 1.29 is 14.6 Å². The summed E-state index contributed by atoms with van der Waals surface area (Å²) in [6.45, 7) is 0. The maximum atomic E-state index is 10.9. The Balaban J connectivity index is 2.01. The second kappa shape index (κ2) is 5.67. The van der Waals surface area contributed by atoms with Crippen LogP contribution in [-0.2, 0) is 11.2 Å². The average molecular weight is 278 g/mol. The number of carboxylic acids is 1. The first kappa shape index (κ1) is 13.2. The quantitative estimate of drug-likeness (QED) is 0.775. The third kappa shape index (κ3) is 2.87. The van der Waals surface area contributed by atoms with Crippen molar-refractivity contribution >= 4 is 16.7 Å². The van der Waals surface area contributed by atoms with Crippen LogP contribution in [0.25, 0.3) is 10.8 Å². The normalized spacial score (nSPS) is 10.5. The number of ether oxygens (including phenoxy) is 1. The molecule has 3 heteroatoms. The molecule has 0 aliphatic carbocycles. The molecule has 0 radical (unpaired) electrons. The molecular formula is C18H14O3. The van der Waals surface area contributed by atoms with E-state index < -0.39 is 5.97 Å². The molecule has 0 spiro atoms. The monoisotopic (exact) mass is 278 g/mol. The molecule has 104 valence electrons. The van der Waals surface area contributed by atoms with Crippen molar-refractivity contribution in [3.05, 3.63) is 72.3 Å². The fourth-order valence-corrected chi connectivity index (χ4v) is 2.32. The molecule has 0 heterocycles. The third-order valence-electron chi connectivity index (χ3n) is 3.28. The number of rotatable bonds is 4. The van der Waals surface area contributed by atoms with E-state index in [9.17, 15) is 4.79 Å². The maximum absolute atomic E-state index is 10.9. The highest BCUT2D eigenvalue weighted by molar-refractivity contribution is 5.88. The molecule has 0 unspecified atom stereocenters. The van der Waals surface area contributed by atoms with Gasteiger partial charge >= 0.3 is 5.97 Å². The van der Waals surface area contributed by atoms with Crippen molar-refractivity contribution in [3.63, 3.8) is 0 Å². The molecule has 0 bridgehead atoms. The second-order valence-corrected chi connectivity index (χ2v) is 4.76. The molecule has 21 heavy (non-hydrogen) atoms. The fourth-order valence-electron chi connectivity index (χ4n) is 2.32. The predicted octanol–water partition coefficient (Wildman–Crippen LogP) is 4.26. The van der Waals surface area contributed by atoms with Crippen LogP contribution in [0.3, 0.4) is 0 Å². The summed E-state index contributed by atoms with van der Waals surface area (Å²) in [6.07, 6.45) is -0.0546. The Morgan fingerprint density at radius 1 is 0.857 bits per heavy atom. The Labute approximate surface area is 122 Å². The van der Waals surface area contributed by atoms with E-state index in [4.69, 9.17) is 9.84 Å². The van der Waals surface area contributed by atoms with Crippen molar-refractivity contribution in [1.29, 1.82) is 0 Å².